The number of carbonyl (C=O) groups excluding carboxylic acids is 2. The van der Waals surface area contributed by atoms with E-state index in [2.05, 4.69) is 13.2 Å². The molecule has 1 fully saturated rings. The topological polar surface area (TPSA) is 102 Å². The van der Waals surface area contributed by atoms with Gasteiger partial charge in [0.1, 0.15) is 24.7 Å². The van der Waals surface area contributed by atoms with E-state index < -0.39 is 0 Å². The summed E-state index contributed by atoms with van der Waals surface area (Å²) in [5.74, 6) is 1.28. The van der Waals surface area contributed by atoms with Gasteiger partial charge in [-0.05, 0) is 55.0 Å². The molecule has 3 rings (SSSR count). The van der Waals surface area contributed by atoms with Crippen molar-refractivity contribution in [3.63, 3.8) is 0 Å². The Morgan fingerprint density at radius 2 is 1.57 bits per heavy atom. The first kappa shape index (κ1) is 37.6. The average molecular weight is 654 g/mol. The summed E-state index contributed by atoms with van der Waals surface area (Å²) in [4.78, 5) is 30.0. The number of carbonyl (C=O) groups is 2. The van der Waals surface area contributed by atoms with E-state index in [0.717, 1.165) is 37.9 Å². The van der Waals surface area contributed by atoms with Crippen molar-refractivity contribution in [2.24, 2.45) is 0 Å². The van der Waals surface area contributed by atoms with Crippen LogP contribution in [0.1, 0.15) is 59.7 Å². The van der Waals surface area contributed by atoms with E-state index in [1.807, 2.05) is 6.92 Å². The van der Waals surface area contributed by atoms with Crippen molar-refractivity contribution in [2.45, 2.75) is 51.6 Å². The molecule has 0 N–H and O–H groups in total. The van der Waals surface area contributed by atoms with Crippen LogP contribution in [0, 0.1) is 0 Å². The van der Waals surface area contributed by atoms with Crippen molar-refractivity contribution >= 4 is 11.7 Å². The second kappa shape index (κ2) is 20.4. The highest BCUT2D eigenvalue weighted by molar-refractivity contribution is 6.13. The molecule has 0 bridgehead atoms. The number of rotatable bonds is 22. The first-order chi connectivity index (χ1) is 22.9. The first-order valence-corrected chi connectivity index (χ1v) is 16.3. The monoisotopic (exact) mass is 653 g/mol. The van der Waals surface area contributed by atoms with Gasteiger partial charge in [0.15, 0.2) is 17.3 Å². The van der Waals surface area contributed by atoms with Gasteiger partial charge in [0.2, 0.25) is 5.91 Å². The molecule has 2 aromatic rings. The molecule has 1 aliphatic heterocycles. The van der Waals surface area contributed by atoms with Crippen molar-refractivity contribution in [2.75, 3.05) is 74.1 Å². The van der Waals surface area contributed by atoms with Crippen LogP contribution in [0.25, 0.3) is 0 Å². The molecule has 0 saturated carbocycles. The van der Waals surface area contributed by atoms with E-state index >= 15 is 0 Å². The Balaban J connectivity index is 2.06. The van der Waals surface area contributed by atoms with Gasteiger partial charge in [-0.15, -0.1) is 0 Å². The molecule has 1 unspecified atom stereocenters. The number of ether oxygens (including phenoxy) is 7. The Bertz CT molecular complexity index is 1310. The maximum absolute atomic E-state index is 14.5. The van der Waals surface area contributed by atoms with Crippen LogP contribution in [0.5, 0.6) is 23.0 Å². The van der Waals surface area contributed by atoms with E-state index in [1.165, 1.54) is 0 Å². The van der Waals surface area contributed by atoms with Crippen molar-refractivity contribution in [1.29, 1.82) is 0 Å². The smallest absolute Gasteiger partial charge is 0.227 e. The van der Waals surface area contributed by atoms with Crippen molar-refractivity contribution in [1.82, 2.24) is 4.90 Å². The van der Waals surface area contributed by atoms with E-state index in [-0.39, 0.29) is 43.0 Å². The zero-order valence-electron chi connectivity index (χ0n) is 28.5. The Labute approximate surface area is 279 Å². The van der Waals surface area contributed by atoms with Crippen molar-refractivity contribution in [3.05, 3.63) is 71.8 Å². The van der Waals surface area contributed by atoms with Gasteiger partial charge in [-0.3, -0.25) is 9.59 Å². The van der Waals surface area contributed by atoms with Gasteiger partial charge in [0, 0.05) is 52.0 Å². The zero-order valence-corrected chi connectivity index (χ0v) is 28.5. The fourth-order valence-electron chi connectivity index (χ4n) is 5.53. The minimum absolute atomic E-state index is 0.0605. The first-order valence-electron chi connectivity index (χ1n) is 16.3. The van der Waals surface area contributed by atoms with Crippen LogP contribution in [0.2, 0.25) is 0 Å². The minimum Gasteiger partial charge on any atom is -0.493 e. The van der Waals surface area contributed by atoms with Crippen LogP contribution >= 0.6 is 0 Å². The van der Waals surface area contributed by atoms with Crippen LogP contribution in [-0.4, -0.2) is 96.8 Å². The molecule has 0 aromatic heterocycles. The summed E-state index contributed by atoms with van der Waals surface area (Å²) in [6.07, 6.45) is 7.95. The molecule has 10 nitrogen and oxygen atoms in total. The molecule has 0 aliphatic carbocycles. The number of ketones is 1. The summed E-state index contributed by atoms with van der Waals surface area (Å²) in [5, 5.41) is 0. The quantitative estimate of drug-likeness (QED) is 0.118. The minimum atomic E-state index is -0.322. The Kier molecular flexibility index (Phi) is 16.3. The molecular weight excluding hydrogens is 602 g/mol. The van der Waals surface area contributed by atoms with Gasteiger partial charge < -0.3 is 38.1 Å². The maximum Gasteiger partial charge on any atom is 0.227 e. The van der Waals surface area contributed by atoms with Crippen LogP contribution in [0.4, 0.5) is 0 Å². The van der Waals surface area contributed by atoms with Crippen LogP contribution in [0.15, 0.2) is 49.6 Å². The second-order valence-electron chi connectivity index (χ2n) is 11.1. The van der Waals surface area contributed by atoms with Crippen molar-refractivity contribution in [3.8, 4) is 23.0 Å². The summed E-state index contributed by atoms with van der Waals surface area (Å²) < 4.78 is 40.2. The van der Waals surface area contributed by atoms with E-state index in [0.29, 0.717) is 73.5 Å². The second-order valence-corrected chi connectivity index (χ2v) is 11.1. The largest absolute Gasteiger partial charge is 0.493 e. The van der Waals surface area contributed by atoms with Crippen molar-refractivity contribution < 1.29 is 42.7 Å². The van der Waals surface area contributed by atoms with Crippen LogP contribution < -0.4 is 18.9 Å². The lowest BCUT2D eigenvalue weighted by Crippen LogP contribution is -2.38. The summed E-state index contributed by atoms with van der Waals surface area (Å²) in [6, 6.07) is 6.82. The standard InChI is InChI=1S/C37H51NO9/c1-7-18-45-32-26-34(46-19-8-2)36(30(29(32)9-3)25-35(39)38(16-22-41-4)17-23-42-5)37(40)27-13-14-31(33(24-27)43-6)47-21-15-28-12-10-11-20-44-28/h7-8,13-14,24,26,28H,1-2,9-12,15-23,25H2,3-6H3. The predicted molar refractivity (Wildman–Crippen MR) is 181 cm³/mol. The Morgan fingerprint density at radius 3 is 2.17 bits per heavy atom. The number of hydrogen-bond donors (Lipinski definition) is 0. The average Bonchev–Trinajstić information content (AvgIpc) is 3.09. The third-order valence-corrected chi connectivity index (χ3v) is 7.97. The molecule has 1 heterocycles. The molecule has 0 spiro atoms. The molecule has 10 heteroatoms. The molecule has 0 radical (unpaired) electrons. The van der Waals surface area contributed by atoms with Crippen LogP contribution in [-0.2, 0) is 31.8 Å². The third-order valence-electron chi connectivity index (χ3n) is 7.97. The highest BCUT2D eigenvalue weighted by Crippen LogP contribution is 2.38. The van der Waals surface area contributed by atoms with Gasteiger partial charge in [-0.2, -0.15) is 0 Å². The van der Waals surface area contributed by atoms with Gasteiger partial charge in [-0.25, -0.2) is 0 Å². The van der Waals surface area contributed by atoms with Gasteiger partial charge in [0.05, 0.1) is 45.0 Å². The summed E-state index contributed by atoms with van der Waals surface area (Å²) in [5.41, 5.74) is 1.92. The van der Waals surface area contributed by atoms with Gasteiger partial charge >= 0.3 is 0 Å². The molecule has 47 heavy (non-hydrogen) atoms. The molecule has 1 saturated heterocycles. The lowest BCUT2D eigenvalue weighted by atomic mass is 9.89. The van der Waals surface area contributed by atoms with Gasteiger partial charge in [-0.1, -0.05) is 32.2 Å². The van der Waals surface area contributed by atoms with E-state index in [1.54, 1.807) is 62.6 Å². The highest BCUT2D eigenvalue weighted by Gasteiger charge is 2.28. The number of nitrogens with zero attached hydrogens (tertiary/aromatic N) is 1. The Hall–Kier alpha value is -3.86. The predicted octanol–water partition coefficient (Wildman–Crippen LogP) is 5.62. The number of hydrogen-bond acceptors (Lipinski definition) is 9. The van der Waals surface area contributed by atoms with Crippen LogP contribution in [0.3, 0.4) is 0 Å². The summed E-state index contributed by atoms with van der Waals surface area (Å²) >= 11 is 0. The molecular formula is C37H51NO9. The summed E-state index contributed by atoms with van der Waals surface area (Å²) in [7, 11) is 4.72. The Morgan fingerprint density at radius 1 is 0.872 bits per heavy atom. The fraction of sp³-hybridized carbons (Fsp3) is 0.514. The fourth-order valence-corrected chi connectivity index (χ4v) is 5.53. The molecule has 1 atom stereocenters. The van der Waals surface area contributed by atoms with E-state index in [9.17, 15) is 9.59 Å². The lowest BCUT2D eigenvalue weighted by Gasteiger charge is -2.25. The van der Waals surface area contributed by atoms with E-state index in [4.69, 9.17) is 33.2 Å². The maximum atomic E-state index is 14.5. The van der Waals surface area contributed by atoms with Gasteiger partial charge in [0.25, 0.3) is 0 Å². The summed E-state index contributed by atoms with van der Waals surface area (Å²) in [6.45, 7) is 12.6. The number of methoxy groups -OCH3 is 3. The number of amides is 1. The normalized spacial score (nSPS) is 14.3. The zero-order chi connectivity index (χ0) is 34.0. The third kappa shape index (κ3) is 10.8. The number of benzene rings is 2. The molecule has 258 valence electrons. The molecule has 1 amide bonds. The molecule has 2 aromatic carbocycles. The highest BCUT2D eigenvalue weighted by atomic mass is 16.5. The SMILES string of the molecule is C=CCOc1cc(OCC=C)c(C(=O)c2ccc(OCCC3CCCCO3)c(OC)c2)c(CC(=O)N(CCOC)CCOC)c1CC. The molecule has 1 aliphatic rings. The lowest BCUT2D eigenvalue weighted by molar-refractivity contribution is -0.131.